The van der Waals surface area contributed by atoms with Crippen LogP contribution in [-0.2, 0) is 4.79 Å². The summed E-state index contributed by atoms with van der Waals surface area (Å²) in [6.07, 6.45) is 3.40. The fourth-order valence-electron chi connectivity index (χ4n) is 1.88. The Morgan fingerprint density at radius 1 is 1.42 bits per heavy atom. The predicted octanol–water partition coefficient (Wildman–Crippen LogP) is -0.212. The number of nitrogens with zero attached hydrogens (tertiary/aromatic N) is 1. The minimum atomic E-state index is -1.20. The maximum absolute atomic E-state index is 12.0. The quantitative estimate of drug-likeness (QED) is 0.699. The molecule has 1 aromatic rings. The highest BCUT2D eigenvalue weighted by atomic mass is 16.4. The molecule has 1 atom stereocenters. The van der Waals surface area contributed by atoms with Crippen molar-refractivity contribution in [3.63, 3.8) is 0 Å². The van der Waals surface area contributed by atoms with Crippen LogP contribution in [0.15, 0.2) is 18.5 Å². The number of pyridine rings is 1. The Hall–Kier alpha value is -2.44. The summed E-state index contributed by atoms with van der Waals surface area (Å²) < 4.78 is 0. The number of carboxylic acid groups (broad SMARTS) is 1. The lowest BCUT2D eigenvalue weighted by Crippen LogP contribution is -2.47. The number of piperidine rings is 1. The molecule has 100 valence electrons. The molecule has 0 saturated carbocycles. The highest BCUT2D eigenvalue weighted by molar-refractivity contribution is 6.04. The molecule has 7 nitrogen and oxygen atoms in total. The Kier molecular flexibility index (Phi) is 3.74. The van der Waals surface area contributed by atoms with Gasteiger partial charge in [-0.3, -0.25) is 14.6 Å². The van der Waals surface area contributed by atoms with Crippen molar-refractivity contribution < 1.29 is 19.5 Å². The molecule has 0 bridgehead atoms. The van der Waals surface area contributed by atoms with E-state index in [9.17, 15) is 14.4 Å². The van der Waals surface area contributed by atoms with Crippen LogP contribution < -0.4 is 10.6 Å². The first-order chi connectivity index (χ1) is 9.08. The van der Waals surface area contributed by atoms with Crippen molar-refractivity contribution in [1.82, 2.24) is 15.6 Å². The van der Waals surface area contributed by atoms with Gasteiger partial charge >= 0.3 is 5.97 Å². The summed E-state index contributed by atoms with van der Waals surface area (Å²) in [7, 11) is 0. The molecule has 2 heterocycles. The first kappa shape index (κ1) is 13.0. The number of aromatic nitrogens is 1. The third-order valence-corrected chi connectivity index (χ3v) is 2.90. The molecule has 1 unspecified atom stereocenters. The van der Waals surface area contributed by atoms with Crippen LogP contribution in [0.5, 0.6) is 0 Å². The maximum atomic E-state index is 12.0. The van der Waals surface area contributed by atoms with Crippen LogP contribution in [0, 0.1) is 0 Å². The van der Waals surface area contributed by atoms with Crippen LogP contribution in [0.2, 0.25) is 0 Å². The SMILES string of the molecule is O=C1CCC(NC(=O)c2ccncc2C(=O)O)CN1. The summed E-state index contributed by atoms with van der Waals surface area (Å²) in [6, 6.07) is 1.18. The van der Waals surface area contributed by atoms with Crippen LogP contribution >= 0.6 is 0 Å². The van der Waals surface area contributed by atoms with E-state index in [1.54, 1.807) is 0 Å². The zero-order valence-corrected chi connectivity index (χ0v) is 10.0. The molecule has 0 aliphatic carbocycles. The van der Waals surface area contributed by atoms with Crippen LogP contribution in [0.25, 0.3) is 0 Å². The van der Waals surface area contributed by atoms with Crippen molar-refractivity contribution in [2.45, 2.75) is 18.9 Å². The highest BCUT2D eigenvalue weighted by Gasteiger charge is 2.22. The van der Waals surface area contributed by atoms with E-state index in [0.29, 0.717) is 19.4 Å². The fraction of sp³-hybridized carbons (Fsp3) is 0.333. The Morgan fingerprint density at radius 2 is 2.21 bits per heavy atom. The Morgan fingerprint density at radius 3 is 2.84 bits per heavy atom. The zero-order chi connectivity index (χ0) is 13.8. The third kappa shape index (κ3) is 3.06. The first-order valence-corrected chi connectivity index (χ1v) is 5.83. The minimum absolute atomic E-state index is 0.0411. The Balaban J connectivity index is 2.08. The summed E-state index contributed by atoms with van der Waals surface area (Å²) in [4.78, 5) is 37.7. The molecule has 1 saturated heterocycles. The van der Waals surface area contributed by atoms with Gasteiger partial charge < -0.3 is 15.7 Å². The summed E-state index contributed by atoms with van der Waals surface area (Å²) >= 11 is 0. The van der Waals surface area contributed by atoms with Crippen molar-refractivity contribution in [2.24, 2.45) is 0 Å². The fourth-order valence-corrected chi connectivity index (χ4v) is 1.88. The molecule has 1 aliphatic heterocycles. The van der Waals surface area contributed by atoms with Gasteiger partial charge in [-0.25, -0.2) is 4.79 Å². The zero-order valence-electron chi connectivity index (χ0n) is 10.0. The molecular weight excluding hydrogens is 250 g/mol. The lowest BCUT2D eigenvalue weighted by molar-refractivity contribution is -0.122. The van der Waals surface area contributed by atoms with E-state index >= 15 is 0 Å². The number of carbonyl (C=O) groups is 3. The topological polar surface area (TPSA) is 108 Å². The van der Waals surface area contributed by atoms with E-state index in [-0.39, 0.29) is 23.1 Å². The van der Waals surface area contributed by atoms with Gasteiger partial charge in [-0.1, -0.05) is 0 Å². The number of rotatable bonds is 3. The first-order valence-electron chi connectivity index (χ1n) is 5.83. The smallest absolute Gasteiger partial charge is 0.338 e. The van der Waals surface area contributed by atoms with Crippen LogP contribution in [0.4, 0.5) is 0 Å². The molecule has 2 amide bonds. The average Bonchev–Trinajstić information content (AvgIpc) is 2.41. The summed E-state index contributed by atoms with van der Waals surface area (Å²) in [5.74, 6) is -1.71. The van der Waals surface area contributed by atoms with Gasteiger partial charge in [0.25, 0.3) is 5.91 Å². The van der Waals surface area contributed by atoms with E-state index in [1.807, 2.05) is 0 Å². The van der Waals surface area contributed by atoms with Crippen molar-refractivity contribution in [3.05, 3.63) is 29.6 Å². The van der Waals surface area contributed by atoms with E-state index in [2.05, 4.69) is 15.6 Å². The number of hydrogen-bond donors (Lipinski definition) is 3. The van der Waals surface area contributed by atoms with Gasteiger partial charge in [-0.05, 0) is 12.5 Å². The van der Waals surface area contributed by atoms with Gasteiger partial charge in [0.1, 0.15) is 0 Å². The van der Waals surface area contributed by atoms with Gasteiger partial charge in [-0.15, -0.1) is 0 Å². The van der Waals surface area contributed by atoms with Crippen molar-refractivity contribution in [3.8, 4) is 0 Å². The average molecular weight is 263 g/mol. The molecule has 2 rings (SSSR count). The lowest BCUT2D eigenvalue weighted by atomic mass is 10.1. The molecular formula is C12H13N3O4. The van der Waals surface area contributed by atoms with Crippen LogP contribution in [0.1, 0.15) is 33.6 Å². The molecule has 1 aliphatic rings. The molecule has 1 aromatic heterocycles. The second kappa shape index (κ2) is 5.47. The molecule has 0 spiro atoms. The van der Waals surface area contributed by atoms with Crippen LogP contribution in [-0.4, -0.2) is 40.5 Å². The Labute approximate surface area is 109 Å². The van der Waals surface area contributed by atoms with Crippen molar-refractivity contribution in [1.29, 1.82) is 0 Å². The third-order valence-electron chi connectivity index (χ3n) is 2.90. The standard InChI is InChI=1S/C12H13N3O4/c16-10-2-1-7(5-14-10)15-11(17)8-3-4-13-6-9(8)12(18)19/h3-4,6-7H,1-2,5H2,(H,14,16)(H,15,17)(H,18,19). The summed E-state index contributed by atoms with van der Waals surface area (Å²) in [6.45, 7) is 0.359. The molecule has 0 radical (unpaired) electrons. The van der Waals surface area contributed by atoms with E-state index in [0.717, 1.165) is 6.20 Å². The maximum Gasteiger partial charge on any atom is 0.338 e. The predicted molar refractivity (Wildman–Crippen MR) is 64.7 cm³/mol. The summed E-state index contributed by atoms with van der Waals surface area (Å²) in [5, 5.41) is 14.3. The number of carbonyl (C=O) groups excluding carboxylic acids is 2. The molecule has 1 fully saturated rings. The Bertz CT molecular complexity index is 519. The van der Waals surface area contributed by atoms with Gasteiger partial charge in [0, 0.05) is 31.4 Å². The highest BCUT2D eigenvalue weighted by Crippen LogP contribution is 2.09. The van der Waals surface area contributed by atoms with Gasteiger partial charge in [-0.2, -0.15) is 0 Å². The molecule has 3 N–H and O–H groups in total. The minimum Gasteiger partial charge on any atom is -0.478 e. The number of nitrogens with one attached hydrogen (secondary N) is 2. The number of amides is 2. The van der Waals surface area contributed by atoms with E-state index < -0.39 is 11.9 Å². The molecule has 7 heteroatoms. The van der Waals surface area contributed by atoms with Crippen LogP contribution in [0.3, 0.4) is 0 Å². The lowest BCUT2D eigenvalue weighted by Gasteiger charge is -2.23. The van der Waals surface area contributed by atoms with Gasteiger partial charge in [0.2, 0.25) is 5.91 Å². The molecule has 19 heavy (non-hydrogen) atoms. The number of carboxylic acids is 1. The van der Waals surface area contributed by atoms with E-state index in [4.69, 9.17) is 5.11 Å². The van der Waals surface area contributed by atoms with E-state index in [1.165, 1.54) is 12.3 Å². The van der Waals surface area contributed by atoms with Crippen molar-refractivity contribution in [2.75, 3.05) is 6.54 Å². The van der Waals surface area contributed by atoms with Gasteiger partial charge in [0.15, 0.2) is 0 Å². The number of aromatic carboxylic acids is 1. The largest absolute Gasteiger partial charge is 0.478 e. The van der Waals surface area contributed by atoms with Crippen molar-refractivity contribution >= 4 is 17.8 Å². The number of hydrogen-bond acceptors (Lipinski definition) is 4. The van der Waals surface area contributed by atoms with Gasteiger partial charge in [0.05, 0.1) is 11.1 Å². The second-order valence-corrected chi connectivity index (χ2v) is 4.24. The molecule has 0 aromatic carbocycles. The second-order valence-electron chi connectivity index (χ2n) is 4.24. The normalized spacial score (nSPS) is 18.5. The summed E-state index contributed by atoms with van der Waals surface area (Å²) in [5.41, 5.74) is -0.0701. The monoisotopic (exact) mass is 263 g/mol.